The average molecular weight is 1140 g/mol. The summed E-state index contributed by atoms with van der Waals surface area (Å²) in [4.78, 5) is 116. The summed E-state index contributed by atoms with van der Waals surface area (Å²) >= 11 is 4.41. The van der Waals surface area contributed by atoms with Gasteiger partial charge in [-0.25, -0.2) is 0 Å². The number of piperidine rings is 1. The van der Waals surface area contributed by atoms with E-state index in [0.29, 0.717) is 48.2 Å². The monoisotopic (exact) mass is 1130 g/mol. The van der Waals surface area contributed by atoms with Crippen molar-refractivity contribution >= 4 is 92.0 Å². The molecule has 400 valence electrons. The molecule has 0 spiro atoms. The summed E-state index contributed by atoms with van der Waals surface area (Å²) in [5, 5.41) is 8.29. The fourth-order valence-corrected chi connectivity index (χ4v) is 11.3. The van der Waals surface area contributed by atoms with E-state index in [9.17, 15) is 56.7 Å². The number of amides is 7. The Morgan fingerprint density at radius 3 is 2.35 bits per heavy atom. The Balaban J connectivity index is 0.852. The second-order valence-corrected chi connectivity index (χ2v) is 23.9. The molecule has 3 aliphatic heterocycles. The first-order chi connectivity index (χ1) is 35.5. The fraction of sp³-hybridized carbons (Fsp3) is 0.463. The number of nitrogens with zero attached hydrogens (tertiary/aromatic N) is 3. The number of fused-ring (bicyclic) bond motifs is 2. The molecule has 2 saturated heterocycles. The maximum absolute atomic E-state index is 14.5. The van der Waals surface area contributed by atoms with Gasteiger partial charge in [0.1, 0.15) is 18.1 Å². The molecule has 4 aromatic rings. The number of halogens is 3. The maximum Gasteiger partial charge on any atom is 0.399 e. The van der Waals surface area contributed by atoms with Gasteiger partial charge < -0.3 is 35.1 Å². The predicted octanol–water partition coefficient (Wildman–Crippen LogP) is 8.50. The molecule has 75 heavy (non-hydrogen) atoms. The molecule has 0 radical (unpaired) electrons. The highest BCUT2D eigenvalue weighted by molar-refractivity contribution is 9.10. The highest BCUT2D eigenvalue weighted by Gasteiger charge is 2.50. The van der Waals surface area contributed by atoms with Crippen LogP contribution >= 0.6 is 34.9 Å². The van der Waals surface area contributed by atoms with E-state index in [1.54, 1.807) is 57.2 Å². The van der Waals surface area contributed by atoms with E-state index in [0.717, 1.165) is 84.0 Å². The first-order valence-electron chi connectivity index (χ1n) is 25.2. The largest absolute Gasteiger partial charge is 0.399 e. The third-order valence-electron chi connectivity index (χ3n) is 13.7. The number of hydrogen-bond acceptors (Lipinski definition) is 9. The van der Waals surface area contributed by atoms with Gasteiger partial charge in [0.15, 0.2) is 0 Å². The van der Waals surface area contributed by atoms with Crippen LogP contribution in [-0.2, 0) is 40.7 Å². The van der Waals surface area contributed by atoms with Crippen molar-refractivity contribution in [1.82, 2.24) is 25.8 Å². The molecule has 0 aliphatic carbocycles. The number of unbranched alkanes of at least 4 members (excludes halogenated alkanes) is 7. The molecule has 4 heterocycles. The van der Waals surface area contributed by atoms with E-state index in [2.05, 4.69) is 43.7 Å². The van der Waals surface area contributed by atoms with Gasteiger partial charge in [0, 0.05) is 77.0 Å². The summed E-state index contributed by atoms with van der Waals surface area (Å²) in [7, 11) is -5.82. The second kappa shape index (κ2) is 24.4. The van der Waals surface area contributed by atoms with Crippen LogP contribution in [0.5, 0.6) is 0 Å². The number of hydrogen-bond donors (Lipinski definition) is 5. The SMILES string of the molecule is CC(C)(C)[C@H](NC(=O)c1cc2cc(C(F)(F)P(=O)(O)O)ccc2s1)C(=O)N1CCC[C@H]1C(=O)N(CCC(=O)NCCCCCCCCCC#Cc1cccc2c1CN(C1CCC(=O)NC1=O)C2=O)c1ccc(Br)cc1. The van der Waals surface area contributed by atoms with Gasteiger partial charge in [0.2, 0.25) is 29.5 Å². The van der Waals surface area contributed by atoms with Crippen molar-refractivity contribution in [3.63, 3.8) is 0 Å². The summed E-state index contributed by atoms with van der Waals surface area (Å²) in [6.45, 7) is 6.38. The maximum atomic E-state index is 14.5. The highest BCUT2D eigenvalue weighted by Crippen LogP contribution is 2.59. The van der Waals surface area contributed by atoms with E-state index in [1.165, 1.54) is 26.8 Å². The molecular weight excluding hydrogens is 1070 g/mol. The van der Waals surface area contributed by atoms with E-state index >= 15 is 0 Å². The normalized spacial score (nSPS) is 17.3. The Bertz CT molecular complexity index is 2950. The lowest BCUT2D eigenvalue weighted by molar-refractivity contribution is -0.141. The van der Waals surface area contributed by atoms with Crippen molar-refractivity contribution in [2.24, 2.45) is 5.41 Å². The molecule has 2 fully saturated rings. The van der Waals surface area contributed by atoms with Gasteiger partial charge in [-0.2, -0.15) is 8.78 Å². The lowest BCUT2D eigenvalue weighted by Crippen LogP contribution is -2.58. The smallest absolute Gasteiger partial charge is 0.356 e. The van der Waals surface area contributed by atoms with E-state index in [-0.39, 0.29) is 66.4 Å². The van der Waals surface area contributed by atoms with Crippen LogP contribution in [0, 0.1) is 17.3 Å². The van der Waals surface area contributed by atoms with Gasteiger partial charge in [-0.15, -0.1) is 11.3 Å². The minimum atomic E-state index is -5.82. The summed E-state index contributed by atoms with van der Waals surface area (Å²) in [6, 6.07) is 14.3. The highest BCUT2D eigenvalue weighted by atomic mass is 79.9. The van der Waals surface area contributed by atoms with Crippen LogP contribution in [0.15, 0.2) is 71.2 Å². The molecule has 16 nitrogen and oxygen atoms in total. The van der Waals surface area contributed by atoms with Crippen LogP contribution in [0.1, 0.15) is 141 Å². The Hall–Kier alpha value is -5.84. The Labute approximate surface area is 447 Å². The first kappa shape index (κ1) is 56.9. The standard InChI is InChI=1S/C54H62BrF2N6O10PS/c1-53(2,3)47(60-49(67)44-32-35-31-36(19-25-43(35)75-44)54(56,57)74(71,72)73)52(70)62-29-14-18-42(62)51(69)61(38-22-20-37(55)21-23-38)30-27-45(64)58-28-12-10-8-6-4-5-7-9-11-15-34-16-13-17-39-40(34)33-63(50(39)68)41-24-26-46(65)59-48(41)66/h13,16-17,19-23,25,31-32,41-42,47H,4-10,12,14,18,24,26-30,33H2,1-3H3,(H,58,64)(H,60,67)(H,59,65,66)(H2,71,72,73)/t41?,42-,47+/m0/s1. The van der Waals surface area contributed by atoms with Crippen LogP contribution in [0.3, 0.4) is 0 Å². The molecule has 0 bridgehead atoms. The third kappa shape index (κ3) is 13.8. The van der Waals surface area contributed by atoms with Gasteiger partial charge in [-0.1, -0.05) is 92.8 Å². The van der Waals surface area contributed by atoms with Crippen LogP contribution in [0.4, 0.5) is 14.5 Å². The predicted molar refractivity (Wildman–Crippen MR) is 284 cm³/mol. The zero-order valence-corrected chi connectivity index (χ0v) is 45.4. The molecule has 3 aromatic carbocycles. The molecule has 7 amide bonds. The average Bonchev–Trinajstić information content (AvgIpc) is 4.11. The van der Waals surface area contributed by atoms with Crippen LogP contribution in [0.2, 0.25) is 0 Å². The lowest BCUT2D eigenvalue weighted by Gasteiger charge is -2.36. The number of carbonyl (C=O) groups excluding carboxylic acids is 7. The van der Waals surface area contributed by atoms with Crippen molar-refractivity contribution in [2.45, 2.75) is 135 Å². The molecule has 21 heteroatoms. The zero-order valence-electron chi connectivity index (χ0n) is 42.1. The number of rotatable bonds is 20. The van der Waals surface area contributed by atoms with Crippen molar-refractivity contribution < 1.29 is 56.7 Å². The first-order valence-corrected chi connectivity index (χ1v) is 28.5. The minimum absolute atomic E-state index is 0.0192. The summed E-state index contributed by atoms with van der Waals surface area (Å²) in [5.74, 6) is 3.76. The molecular formula is C54H62BrF2N6O10PS. The third-order valence-corrected chi connectivity index (χ3v) is 16.4. The van der Waals surface area contributed by atoms with Gasteiger partial charge in [-0.05, 0) is 103 Å². The number of benzene rings is 3. The molecule has 0 saturated carbocycles. The van der Waals surface area contributed by atoms with Gasteiger partial charge in [-0.3, -0.25) is 43.4 Å². The lowest BCUT2D eigenvalue weighted by atomic mass is 9.85. The van der Waals surface area contributed by atoms with Gasteiger partial charge >= 0.3 is 13.3 Å². The molecule has 1 unspecified atom stereocenters. The molecule has 3 aliphatic rings. The number of likely N-dealkylation sites (tertiary alicyclic amines) is 1. The van der Waals surface area contributed by atoms with E-state index in [1.807, 2.05) is 6.07 Å². The van der Waals surface area contributed by atoms with Crippen molar-refractivity contribution in [2.75, 3.05) is 24.5 Å². The van der Waals surface area contributed by atoms with Crippen LogP contribution in [0.25, 0.3) is 10.1 Å². The molecule has 3 atom stereocenters. The Kier molecular flexibility index (Phi) is 18.5. The number of alkyl halides is 2. The summed E-state index contributed by atoms with van der Waals surface area (Å²) in [5.41, 5.74) is -3.50. The Morgan fingerprint density at radius 2 is 1.65 bits per heavy atom. The quantitative estimate of drug-likeness (QED) is 0.0246. The topological polar surface area (TPSA) is 223 Å². The van der Waals surface area contributed by atoms with Crippen LogP contribution < -0.4 is 20.9 Å². The minimum Gasteiger partial charge on any atom is -0.356 e. The zero-order chi connectivity index (χ0) is 54.2. The Morgan fingerprint density at radius 1 is 0.947 bits per heavy atom. The van der Waals surface area contributed by atoms with Crippen molar-refractivity contribution in [3.8, 4) is 11.8 Å². The van der Waals surface area contributed by atoms with E-state index in [4.69, 9.17) is 0 Å². The van der Waals surface area contributed by atoms with Gasteiger partial charge in [0.25, 0.3) is 11.8 Å². The number of thiophene rings is 1. The van der Waals surface area contributed by atoms with Gasteiger partial charge in [0.05, 0.1) is 4.88 Å². The summed E-state index contributed by atoms with van der Waals surface area (Å²) < 4.78 is 41.7. The molecule has 5 N–H and O–H groups in total. The molecule has 7 rings (SSSR count). The van der Waals surface area contributed by atoms with Crippen LogP contribution in [-0.4, -0.2) is 98.7 Å². The number of nitrogens with one attached hydrogen (secondary N) is 3. The van der Waals surface area contributed by atoms with E-state index < -0.39 is 60.1 Å². The second-order valence-electron chi connectivity index (χ2n) is 20.2. The number of anilines is 1. The van der Waals surface area contributed by atoms with Crippen molar-refractivity contribution in [1.29, 1.82) is 0 Å². The fourth-order valence-electron chi connectivity index (χ4n) is 9.59. The number of carbonyl (C=O) groups is 7. The summed E-state index contributed by atoms with van der Waals surface area (Å²) in [6.07, 6.45) is 8.91. The molecule has 1 aromatic heterocycles. The van der Waals surface area contributed by atoms with Crippen molar-refractivity contribution in [3.05, 3.63) is 98.3 Å². The number of imide groups is 1.